The predicted molar refractivity (Wildman–Crippen MR) is 74.7 cm³/mol. The summed E-state index contributed by atoms with van der Waals surface area (Å²) in [5.74, 6) is -0.0950. The first-order valence-electron chi connectivity index (χ1n) is 5.91. The van der Waals surface area contributed by atoms with Crippen LogP contribution in [0.25, 0.3) is 22.3 Å². The summed E-state index contributed by atoms with van der Waals surface area (Å²) in [5, 5.41) is 5.11. The Balaban J connectivity index is 2.22. The SMILES string of the molecule is Cn1nc(-c2ccc(C(N)=O)cc2)c2c(N)ncnc21. The van der Waals surface area contributed by atoms with Crippen LogP contribution < -0.4 is 11.5 Å². The number of carbonyl (C=O) groups excluding carboxylic acids is 1. The molecule has 2 aromatic heterocycles. The van der Waals surface area contributed by atoms with Gasteiger partial charge in [-0.05, 0) is 12.1 Å². The number of benzene rings is 1. The second-order valence-electron chi connectivity index (χ2n) is 4.37. The topological polar surface area (TPSA) is 113 Å². The molecule has 0 atom stereocenters. The Kier molecular flexibility index (Phi) is 2.60. The highest BCUT2D eigenvalue weighted by atomic mass is 16.1. The maximum Gasteiger partial charge on any atom is 0.248 e. The molecule has 0 unspecified atom stereocenters. The summed E-state index contributed by atoms with van der Waals surface area (Å²) in [5.41, 5.74) is 13.7. The number of nitrogens with two attached hydrogens (primary N) is 2. The molecule has 7 heteroatoms. The van der Waals surface area contributed by atoms with Gasteiger partial charge in [0.2, 0.25) is 5.91 Å². The van der Waals surface area contributed by atoms with Gasteiger partial charge in [-0.2, -0.15) is 5.10 Å². The predicted octanol–water partition coefficient (Wildman–Crippen LogP) is 0.711. The maximum atomic E-state index is 11.1. The van der Waals surface area contributed by atoms with Crippen LogP contribution in [-0.2, 0) is 7.05 Å². The first kappa shape index (κ1) is 12.1. The number of carbonyl (C=O) groups is 1. The largest absolute Gasteiger partial charge is 0.383 e. The van der Waals surface area contributed by atoms with Gasteiger partial charge in [-0.15, -0.1) is 0 Å². The number of aromatic nitrogens is 4. The molecule has 0 spiro atoms. The maximum absolute atomic E-state index is 11.1. The fourth-order valence-corrected chi connectivity index (χ4v) is 2.10. The third-order valence-corrected chi connectivity index (χ3v) is 3.09. The van der Waals surface area contributed by atoms with E-state index in [0.29, 0.717) is 28.1 Å². The number of nitrogens with zero attached hydrogens (tertiary/aromatic N) is 4. The standard InChI is InChI=1S/C13H12N6O/c1-19-13-9(11(14)16-6-17-13)10(18-19)7-2-4-8(5-3-7)12(15)20/h2-6H,1H3,(H2,15,20)(H2,14,16,17). The number of hydrogen-bond donors (Lipinski definition) is 2. The number of nitrogen functional groups attached to an aromatic ring is 1. The van der Waals surface area contributed by atoms with Crippen molar-refractivity contribution in [2.45, 2.75) is 0 Å². The van der Waals surface area contributed by atoms with Crippen molar-refractivity contribution in [2.75, 3.05) is 5.73 Å². The van der Waals surface area contributed by atoms with Gasteiger partial charge < -0.3 is 11.5 Å². The van der Waals surface area contributed by atoms with Gasteiger partial charge in [0.1, 0.15) is 17.8 Å². The molecule has 7 nitrogen and oxygen atoms in total. The summed E-state index contributed by atoms with van der Waals surface area (Å²) in [6.45, 7) is 0. The van der Waals surface area contributed by atoms with Crippen molar-refractivity contribution in [3.05, 3.63) is 36.2 Å². The second-order valence-corrected chi connectivity index (χ2v) is 4.37. The Morgan fingerprint density at radius 2 is 1.90 bits per heavy atom. The Morgan fingerprint density at radius 1 is 1.20 bits per heavy atom. The summed E-state index contributed by atoms with van der Waals surface area (Å²) in [6, 6.07) is 6.85. The number of rotatable bonds is 2. The van der Waals surface area contributed by atoms with Gasteiger partial charge >= 0.3 is 0 Å². The van der Waals surface area contributed by atoms with E-state index in [9.17, 15) is 4.79 Å². The van der Waals surface area contributed by atoms with E-state index in [0.717, 1.165) is 5.56 Å². The summed E-state index contributed by atoms with van der Waals surface area (Å²) >= 11 is 0. The molecule has 0 bridgehead atoms. The first-order chi connectivity index (χ1) is 9.58. The summed E-state index contributed by atoms with van der Waals surface area (Å²) < 4.78 is 1.64. The molecule has 2 heterocycles. The van der Waals surface area contributed by atoms with Crippen molar-refractivity contribution in [3.8, 4) is 11.3 Å². The van der Waals surface area contributed by atoms with Gasteiger partial charge in [0.05, 0.1) is 5.39 Å². The van der Waals surface area contributed by atoms with E-state index >= 15 is 0 Å². The van der Waals surface area contributed by atoms with Crippen molar-refractivity contribution in [2.24, 2.45) is 12.8 Å². The van der Waals surface area contributed by atoms with Crippen LogP contribution in [0.2, 0.25) is 0 Å². The molecule has 1 amide bonds. The van der Waals surface area contributed by atoms with Crippen molar-refractivity contribution >= 4 is 22.8 Å². The number of amides is 1. The molecule has 3 aromatic rings. The van der Waals surface area contributed by atoms with E-state index in [1.807, 2.05) is 0 Å². The summed E-state index contributed by atoms with van der Waals surface area (Å²) in [6.07, 6.45) is 1.40. The molecule has 0 aliphatic rings. The number of primary amides is 1. The molecule has 100 valence electrons. The third-order valence-electron chi connectivity index (χ3n) is 3.09. The quantitative estimate of drug-likeness (QED) is 0.710. The van der Waals surface area contributed by atoms with Crippen LogP contribution in [0, 0.1) is 0 Å². The molecular formula is C13H12N6O. The van der Waals surface area contributed by atoms with Gasteiger partial charge in [0, 0.05) is 18.2 Å². The molecule has 0 saturated carbocycles. The molecule has 0 fully saturated rings. The molecule has 1 aromatic carbocycles. The monoisotopic (exact) mass is 268 g/mol. The number of hydrogen-bond acceptors (Lipinski definition) is 5. The lowest BCUT2D eigenvalue weighted by atomic mass is 10.1. The molecule has 20 heavy (non-hydrogen) atoms. The molecule has 3 rings (SSSR count). The minimum absolute atomic E-state index is 0.372. The molecule has 0 aliphatic carbocycles. The highest BCUT2D eigenvalue weighted by Gasteiger charge is 2.15. The van der Waals surface area contributed by atoms with E-state index in [-0.39, 0.29) is 0 Å². The van der Waals surface area contributed by atoms with E-state index < -0.39 is 5.91 Å². The van der Waals surface area contributed by atoms with Crippen LogP contribution in [0.5, 0.6) is 0 Å². The lowest BCUT2D eigenvalue weighted by molar-refractivity contribution is 0.100. The van der Waals surface area contributed by atoms with Crippen LogP contribution >= 0.6 is 0 Å². The van der Waals surface area contributed by atoms with Crippen LogP contribution in [0.4, 0.5) is 5.82 Å². The lowest BCUT2D eigenvalue weighted by Crippen LogP contribution is -2.10. The normalized spacial score (nSPS) is 10.8. The summed E-state index contributed by atoms with van der Waals surface area (Å²) in [7, 11) is 1.79. The highest BCUT2D eigenvalue weighted by molar-refractivity contribution is 5.99. The minimum Gasteiger partial charge on any atom is -0.383 e. The zero-order chi connectivity index (χ0) is 14.3. The Bertz CT molecular complexity index is 806. The minimum atomic E-state index is -0.467. The van der Waals surface area contributed by atoms with Crippen LogP contribution in [-0.4, -0.2) is 25.7 Å². The average molecular weight is 268 g/mol. The van der Waals surface area contributed by atoms with Crippen molar-refractivity contribution in [3.63, 3.8) is 0 Å². The van der Waals surface area contributed by atoms with Gasteiger partial charge in [0.15, 0.2) is 5.65 Å². The Morgan fingerprint density at radius 3 is 2.55 bits per heavy atom. The lowest BCUT2D eigenvalue weighted by Gasteiger charge is -2.00. The fraction of sp³-hybridized carbons (Fsp3) is 0.0769. The Hall–Kier alpha value is -2.96. The van der Waals surface area contributed by atoms with E-state index in [2.05, 4.69) is 15.1 Å². The number of aryl methyl sites for hydroxylation is 1. The van der Waals surface area contributed by atoms with Gasteiger partial charge in [-0.25, -0.2) is 14.6 Å². The average Bonchev–Trinajstić information content (AvgIpc) is 2.78. The van der Waals surface area contributed by atoms with E-state index in [1.54, 1.807) is 36.0 Å². The summed E-state index contributed by atoms with van der Waals surface area (Å²) in [4.78, 5) is 19.2. The van der Waals surface area contributed by atoms with Crippen molar-refractivity contribution in [1.29, 1.82) is 0 Å². The van der Waals surface area contributed by atoms with E-state index in [1.165, 1.54) is 6.33 Å². The molecule has 4 N–H and O–H groups in total. The van der Waals surface area contributed by atoms with Crippen LogP contribution in [0.15, 0.2) is 30.6 Å². The van der Waals surface area contributed by atoms with Crippen molar-refractivity contribution in [1.82, 2.24) is 19.7 Å². The smallest absolute Gasteiger partial charge is 0.248 e. The molecule has 0 radical (unpaired) electrons. The van der Waals surface area contributed by atoms with Crippen LogP contribution in [0.3, 0.4) is 0 Å². The van der Waals surface area contributed by atoms with Gasteiger partial charge in [-0.1, -0.05) is 12.1 Å². The highest BCUT2D eigenvalue weighted by Crippen LogP contribution is 2.29. The van der Waals surface area contributed by atoms with Gasteiger partial charge in [-0.3, -0.25) is 4.79 Å². The van der Waals surface area contributed by atoms with E-state index in [4.69, 9.17) is 11.5 Å². The number of fused-ring (bicyclic) bond motifs is 1. The zero-order valence-electron chi connectivity index (χ0n) is 10.7. The zero-order valence-corrected chi connectivity index (χ0v) is 10.7. The van der Waals surface area contributed by atoms with Gasteiger partial charge in [0.25, 0.3) is 0 Å². The first-order valence-corrected chi connectivity index (χ1v) is 5.91. The second kappa shape index (κ2) is 4.30. The molecule has 0 saturated heterocycles. The number of anilines is 1. The third kappa shape index (κ3) is 1.76. The van der Waals surface area contributed by atoms with Crippen LogP contribution in [0.1, 0.15) is 10.4 Å². The molecular weight excluding hydrogens is 256 g/mol. The fourth-order valence-electron chi connectivity index (χ4n) is 2.10. The molecule has 0 aliphatic heterocycles. The van der Waals surface area contributed by atoms with Crippen molar-refractivity contribution < 1.29 is 4.79 Å². The Labute approximate surface area is 114 Å².